The van der Waals surface area contributed by atoms with Crippen LogP contribution in [0.4, 0.5) is 47.1 Å². The molecule has 25 heteroatoms. The van der Waals surface area contributed by atoms with Crippen LogP contribution in [-0.2, 0) is 32.1 Å². The topological polar surface area (TPSA) is 385 Å². The monoisotopic (exact) mass is 1550 g/mol. The van der Waals surface area contributed by atoms with Crippen molar-refractivity contribution in [3.63, 3.8) is 0 Å². The molecule has 4 heterocycles. The lowest BCUT2D eigenvalue weighted by molar-refractivity contribution is 0.00924. The summed E-state index contributed by atoms with van der Waals surface area (Å²) in [7, 11) is 1.67. The molecule has 0 aliphatic heterocycles. The van der Waals surface area contributed by atoms with Crippen molar-refractivity contribution in [1.29, 1.82) is 21.0 Å². The Morgan fingerprint density at radius 2 is 0.772 bits per heavy atom. The molecule has 4 saturated carbocycles. The predicted octanol–water partition coefficient (Wildman–Crippen LogP) is 15.3. The van der Waals surface area contributed by atoms with Crippen LogP contribution in [0.5, 0.6) is 11.5 Å². The first kappa shape index (κ1) is 87.0. The number of hydrogen-bond donors (Lipinski definition) is 12. The molecule has 0 saturated heterocycles. The number of rotatable bonds is 26. The maximum Gasteiger partial charge on any atom is 0.224 e. The van der Waals surface area contributed by atoms with E-state index in [0.717, 1.165) is 133 Å². The van der Waals surface area contributed by atoms with E-state index < -0.39 is 0 Å². The normalized spacial score (nSPS) is 20.8. The molecule has 4 aliphatic rings. The largest absolute Gasteiger partial charge is 0.508 e. The van der Waals surface area contributed by atoms with Crippen molar-refractivity contribution in [1.82, 2.24) is 39.9 Å². The molecule has 8 aromatic rings. The summed E-state index contributed by atoms with van der Waals surface area (Å²) in [6.07, 6.45) is 20.3. The second kappa shape index (κ2) is 41.2. The molecule has 12 rings (SSSR count). The number of anilines is 8. The number of aliphatic hydroxyl groups excluding tert-OH is 3. The number of para-hydroxylation sites is 1. The average Bonchev–Trinajstić information content (AvgIpc) is 0.827. The zero-order valence-electron chi connectivity index (χ0n) is 68.6. The summed E-state index contributed by atoms with van der Waals surface area (Å²) in [4.78, 5) is 35.2. The minimum atomic E-state index is -0.298. The molecule has 25 nitrogen and oxygen atoms in total. The molecule has 0 radical (unpaired) electrons. The summed E-state index contributed by atoms with van der Waals surface area (Å²) < 4.78 is 5.38. The summed E-state index contributed by atoms with van der Waals surface area (Å²) >= 11 is 0. The Hall–Kier alpha value is -11.0. The summed E-state index contributed by atoms with van der Waals surface area (Å²) in [5, 5.41) is 104. The maximum atomic E-state index is 10.2. The van der Waals surface area contributed by atoms with Crippen LogP contribution >= 0.6 is 0 Å². The van der Waals surface area contributed by atoms with Gasteiger partial charge >= 0.3 is 0 Å². The van der Waals surface area contributed by atoms with E-state index in [4.69, 9.17) is 4.74 Å². The van der Waals surface area contributed by atoms with Gasteiger partial charge < -0.3 is 67.7 Å². The average molecular weight is 1550 g/mol. The molecule has 0 spiro atoms. The van der Waals surface area contributed by atoms with Crippen LogP contribution < -0.4 is 47.3 Å². The molecule has 8 atom stereocenters. The van der Waals surface area contributed by atoms with Crippen LogP contribution in [0.2, 0.25) is 0 Å². The van der Waals surface area contributed by atoms with Crippen molar-refractivity contribution >= 4 is 47.1 Å². The number of phenols is 1. The van der Waals surface area contributed by atoms with Gasteiger partial charge in [0.05, 0.1) is 50.2 Å². The van der Waals surface area contributed by atoms with Gasteiger partial charge in [-0.2, -0.15) is 41.0 Å². The van der Waals surface area contributed by atoms with Gasteiger partial charge in [0.15, 0.2) is 0 Å². The standard InChI is InChI=1S/C23H31N5O.C22H29N5O2.2C22H29N5O/c1-4-16-6-5-7-17(12-16)10-11-25-22-26-15-18(14-24)21(28-22)27-19-8-9-20(29)23(2,3)13-19;1-22(2)12-17(8-9-19(22)28)26-20-16(13-23)14-25-21(27-20)24-11-10-15-6-4-5-7-18(15)29-3;1-15-4-7-18(12-22(15,2)3)26-20-17(13-23)14-25-21(27-20)24-11-10-16-5-8-19(28)9-6-16;1-15-5-4-6-16(11-15)9-10-24-21-25-14-17(13-23)20(27-21)26-18-7-8-19(28)22(2,3)12-18/h5-7,12,15,19-20,29H,4,8-11,13H2,1-3H3,(H2,25,26,27,28);4-7,14,17,19,28H,8-12H2,1-3H3,(H2,24,25,26,27);5-6,8-9,14-15,18,28H,4,7,10-12H2,1-3H3,(H2,24,25,26,27);4-6,11,14,18-19,28H,7-10,12H2,1-3H3,(H2,24,25,26,27)/t19-,20+;17-,19+;15-,18+;18-,19+/m1101/s1. The smallest absolute Gasteiger partial charge is 0.224 e. The summed E-state index contributed by atoms with van der Waals surface area (Å²) in [6, 6.07) is 41.6. The highest BCUT2D eigenvalue weighted by Crippen LogP contribution is 2.43. The Labute approximate surface area is 674 Å². The van der Waals surface area contributed by atoms with E-state index in [9.17, 15) is 41.5 Å². The Bertz CT molecular complexity index is 4600. The molecule has 4 aromatic carbocycles. The summed E-state index contributed by atoms with van der Waals surface area (Å²) in [6.45, 7) is 26.4. The fourth-order valence-electron chi connectivity index (χ4n) is 15.3. The molecule has 4 aliphatic carbocycles. The van der Waals surface area contributed by atoms with Crippen molar-refractivity contribution in [3.05, 3.63) is 177 Å². The number of ether oxygens (including phenoxy) is 1. The quantitative estimate of drug-likeness (QED) is 0.0240. The van der Waals surface area contributed by atoms with Gasteiger partial charge in [-0.05, 0) is 190 Å². The van der Waals surface area contributed by atoms with E-state index >= 15 is 0 Å². The number of nitrogens with one attached hydrogen (secondary N) is 8. The van der Waals surface area contributed by atoms with Crippen molar-refractivity contribution in [3.8, 4) is 35.8 Å². The van der Waals surface area contributed by atoms with Crippen molar-refractivity contribution in [2.75, 3.05) is 75.8 Å². The number of nitrogens with zero attached hydrogens (tertiary/aromatic N) is 12. The van der Waals surface area contributed by atoms with Crippen molar-refractivity contribution < 1.29 is 25.2 Å². The highest BCUT2D eigenvalue weighted by Gasteiger charge is 2.39. The third kappa shape index (κ3) is 25.8. The van der Waals surface area contributed by atoms with Gasteiger partial charge in [-0.15, -0.1) is 0 Å². The number of aromatic hydroxyl groups is 1. The molecular weight excluding hydrogens is 1430 g/mol. The fourth-order valence-corrected chi connectivity index (χ4v) is 15.3. The first-order valence-corrected chi connectivity index (χ1v) is 40.3. The van der Waals surface area contributed by atoms with Crippen molar-refractivity contribution in [2.24, 2.45) is 27.6 Å². The van der Waals surface area contributed by atoms with E-state index in [1.807, 2.05) is 36.4 Å². The van der Waals surface area contributed by atoms with E-state index in [-0.39, 0.29) is 63.8 Å². The Morgan fingerprint density at radius 1 is 0.421 bits per heavy atom. The van der Waals surface area contributed by atoms with E-state index in [1.165, 1.54) is 28.7 Å². The molecule has 114 heavy (non-hydrogen) atoms. The van der Waals surface area contributed by atoms with Gasteiger partial charge in [0.1, 0.15) is 81.3 Å². The van der Waals surface area contributed by atoms with Crippen LogP contribution in [0, 0.1) is 79.8 Å². The SMILES string of the molecule is CCc1cccc(CCNc2ncc(C#N)c(N[C@@H]3CC[C@H](O)C(C)(C)C3)n2)c1.COc1ccccc1CCNc1ncc(C#N)c(N[C@@H]2CC[C@H](O)C(C)(C)C2)n1.C[C@H]1CC[C@@H](Nc2nc(NCCc3ccc(O)cc3)ncc2C#N)CC1(C)C.Cc1cccc(CCNc2ncc(C#N)c(N[C@@H]3CC[C@H](O)C(C)(C)C3)n2)c1. The number of aryl methyl sites for hydroxylation is 2. The Balaban J connectivity index is 0.000000174. The zero-order valence-corrected chi connectivity index (χ0v) is 68.6. The van der Waals surface area contributed by atoms with Gasteiger partial charge in [-0.1, -0.05) is 154 Å². The maximum absolute atomic E-state index is 10.2. The number of nitriles is 4. The lowest BCUT2D eigenvalue weighted by atomic mass is 9.68. The van der Waals surface area contributed by atoms with E-state index in [2.05, 4.69) is 231 Å². The van der Waals surface area contributed by atoms with Gasteiger partial charge in [0.25, 0.3) is 0 Å². The Morgan fingerprint density at radius 3 is 1.14 bits per heavy atom. The van der Waals surface area contributed by atoms with Crippen LogP contribution in [0.15, 0.2) is 122 Å². The predicted molar refractivity (Wildman–Crippen MR) is 451 cm³/mol. The third-order valence-corrected chi connectivity index (χ3v) is 22.8. The summed E-state index contributed by atoms with van der Waals surface area (Å²) in [5.74, 6) is 6.14. The highest BCUT2D eigenvalue weighted by atomic mass is 16.5. The van der Waals surface area contributed by atoms with Gasteiger partial charge in [0, 0.05) is 50.3 Å². The number of aromatic nitrogens is 8. The first-order chi connectivity index (χ1) is 54.6. The fraction of sp³-hybridized carbons (Fsp3) is 0.506. The Kier molecular flexibility index (Phi) is 31.4. The van der Waals surface area contributed by atoms with Crippen molar-refractivity contribution in [2.45, 2.75) is 228 Å². The molecule has 604 valence electrons. The molecule has 4 aromatic heterocycles. The van der Waals surface area contributed by atoms with Gasteiger partial charge in [0.2, 0.25) is 23.8 Å². The van der Waals surface area contributed by atoms with E-state index in [1.54, 1.807) is 44.0 Å². The summed E-state index contributed by atoms with van der Waals surface area (Å²) in [5.41, 5.74) is 8.96. The van der Waals surface area contributed by atoms with Crippen LogP contribution in [-0.4, -0.2) is 136 Å². The second-order valence-corrected chi connectivity index (χ2v) is 33.5. The first-order valence-electron chi connectivity index (χ1n) is 40.3. The highest BCUT2D eigenvalue weighted by molar-refractivity contribution is 5.57. The third-order valence-electron chi connectivity index (χ3n) is 22.8. The minimum absolute atomic E-state index is 0.148. The van der Waals surface area contributed by atoms with Crippen LogP contribution in [0.1, 0.15) is 202 Å². The number of hydrogen-bond acceptors (Lipinski definition) is 25. The lowest BCUT2D eigenvalue weighted by Crippen LogP contribution is -2.41. The number of phenolic OH excluding ortho intramolecular Hbond substituents is 1. The minimum Gasteiger partial charge on any atom is -0.508 e. The van der Waals surface area contributed by atoms with Crippen LogP contribution in [0.25, 0.3) is 0 Å². The second-order valence-electron chi connectivity index (χ2n) is 33.5. The molecular formula is C89H118N20O5. The molecule has 4 fully saturated rings. The van der Waals surface area contributed by atoms with E-state index in [0.29, 0.717) is 94.4 Å². The molecule has 12 N–H and O–H groups in total. The number of benzene rings is 4. The lowest BCUT2D eigenvalue weighted by Gasteiger charge is -2.41. The number of aliphatic hydroxyl groups is 3. The number of methoxy groups -OCH3 is 1. The molecule has 0 amide bonds. The van der Waals surface area contributed by atoms with Crippen LogP contribution in [0.3, 0.4) is 0 Å². The molecule has 0 bridgehead atoms. The van der Waals surface area contributed by atoms with Gasteiger partial charge in [-0.3, -0.25) is 0 Å². The zero-order chi connectivity index (χ0) is 82.0. The van der Waals surface area contributed by atoms with Gasteiger partial charge in [-0.25, -0.2) is 19.9 Å². The molecule has 0 unspecified atom stereocenters.